The summed E-state index contributed by atoms with van der Waals surface area (Å²) in [6.07, 6.45) is 1.56. The second-order valence-electron chi connectivity index (χ2n) is 3.85. The lowest BCUT2D eigenvalue weighted by atomic mass is 10.2. The van der Waals surface area contributed by atoms with Crippen molar-refractivity contribution in [3.05, 3.63) is 22.8 Å². The van der Waals surface area contributed by atoms with Crippen LogP contribution in [0, 0.1) is 0 Å². The number of amides is 1. The average Bonchev–Trinajstić information content (AvgIpc) is 2.38. The maximum absolute atomic E-state index is 11.4. The van der Waals surface area contributed by atoms with Gasteiger partial charge in [0.05, 0.1) is 10.6 Å². The molecule has 2 N–H and O–H groups in total. The van der Waals surface area contributed by atoms with E-state index in [1.165, 1.54) is 0 Å². The molecule has 0 saturated carbocycles. The number of hydrogen-bond donors (Lipinski definition) is 2. The van der Waals surface area contributed by atoms with Crippen molar-refractivity contribution in [1.29, 1.82) is 0 Å². The molecule has 0 aromatic carbocycles. The Hall–Kier alpha value is -1.04. The molecule has 5 nitrogen and oxygen atoms in total. The molecule has 0 aliphatic carbocycles. The summed E-state index contributed by atoms with van der Waals surface area (Å²) in [6.45, 7) is 3.61. The Morgan fingerprint density at radius 3 is 2.72 bits per heavy atom. The molecule has 0 unspecified atom stereocenters. The van der Waals surface area contributed by atoms with Gasteiger partial charge in [-0.1, -0.05) is 11.6 Å². The molecule has 100 valence electrons. The molecule has 2 heterocycles. The molecule has 0 atom stereocenters. The van der Waals surface area contributed by atoms with E-state index >= 15 is 0 Å². The largest absolute Gasteiger partial charge is 0.355 e. The van der Waals surface area contributed by atoms with Gasteiger partial charge in [0.25, 0.3) is 5.91 Å². The number of rotatable bonds is 2. The molecule has 0 spiro atoms. The van der Waals surface area contributed by atoms with E-state index in [1.54, 1.807) is 19.3 Å². The third-order valence-electron chi connectivity index (χ3n) is 2.73. The van der Waals surface area contributed by atoms with E-state index in [2.05, 4.69) is 20.5 Å². The van der Waals surface area contributed by atoms with E-state index < -0.39 is 0 Å². The van der Waals surface area contributed by atoms with Crippen molar-refractivity contribution in [2.24, 2.45) is 0 Å². The normalized spacial score (nSPS) is 14.9. The second-order valence-corrected chi connectivity index (χ2v) is 4.25. The van der Waals surface area contributed by atoms with Crippen LogP contribution >= 0.6 is 24.0 Å². The molecule has 1 aliphatic rings. The number of halogens is 2. The summed E-state index contributed by atoms with van der Waals surface area (Å²) >= 11 is 6.16. The number of nitrogens with one attached hydrogen (secondary N) is 2. The van der Waals surface area contributed by atoms with E-state index in [0.717, 1.165) is 32.0 Å². The number of pyridine rings is 1. The fraction of sp³-hybridized carbons (Fsp3) is 0.455. The van der Waals surface area contributed by atoms with Crippen molar-refractivity contribution in [3.8, 4) is 0 Å². The highest BCUT2D eigenvalue weighted by molar-refractivity contribution is 6.33. The molecular weight excluding hydrogens is 275 g/mol. The maximum Gasteiger partial charge on any atom is 0.252 e. The number of nitrogens with zero attached hydrogens (tertiary/aromatic N) is 2. The van der Waals surface area contributed by atoms with Crippen molar-refractivity contribution in [2.75, 3.05) is 38.1 Å². The summed E-state index contributed by atoms with van der Waals surface area (Å²) in [4.78, 5) is 17.8. The zero-order chi connectivity index (χ0) is 12.3. The summed E-state index contributed by atoms with van der Waals surface area (Å²) in [5, 5.41) is 6.33. The van der Waals surface area contributed by atoms with Crippen LogP contribution in [0.4, 0.5) is 5.82 Å². The first kappa shape index (κ1) is 15.0. The Kier molecular flexibility index (Phi) is 5.65. The first-order valence-corrected chi connectivity index (χ1v) is 5.93. The van der Waals surface area contributed by atoms with Crippen molar-refractivity contribution in [1.82, 2.24) is 15.6 Å². The van der Waals surface area contributed by atoms with Gasteiger partial charge in [-0.05, 0) is 6.07 Å². The van der Waals surface area contributed by atoms with Crippen molar-refractivity contribution in [2.45, 2.75) is 0 Å². The Balaban J connectivity index is 0.00000162. The van der Waals surface area contributed by atoms with Gasteiger partial charge >= 0.3 is 0 Å². The molecule has 0 radical (unpaired) electrons. The summed E-state index contributed by atoms with van der Waals surface area (Å²) in [5.74, 6) is 0.576. The molecule has 1 fully saturated rings. The lowest BCUT2D eigenvalue weighted by Crippen LogP contribution is -2.44. The Bertz CT molecular complexity index is 422. The molecule has 0 bridgehead atoms. The van der Waals surface area contributed by atoms with Gasteiger partial charge in [0, 0.05) is 39.4 Å². The minimum atomic E-state index is -0.175. The molecular formula is C11H16Cl2N4O. The quantitative estimate of drug-likeness (QED) is 0.851. The molecule has 1 saturated heterocycles. The number of carbonyl (C=O) groups excluding carboxylic acids is 1. The van der Waals surface area contributed by atoms with Gasteiger partial charge in [0.15, 0.2) is 0 Å². The topological polar surface area (TPSA) is 57.3 Å². The fourth-order valence-corrected chi connectivity index (χ4v) is 2.09. The van der Waals surface area contributed by atoms with Crippen LogP contribution in [0.2, 0.25) is 5.02 Å². The van der Waals surface area contributed by atoms with Gasteiger partial charge in [-0.25, -0.2) is 4.98 Å². The molecule has 1 aromatic heterocycles. The number of hydrogen-bond acceptors (Lipinski definition) is 4. The zero-order valence-corrected chi connectivity index (χ0v) is 11.6. The molecule has 1 aliphatic heterocycles. The monoisotopic (exact) mass is 290 g/mol. The smallest absolute Gasteiger partial charge is 0.252 e. The highest BCUT2D eigenvalue weighted by atomic mass is 35.5. The average molecular weight is 291 g/mol. The summed E-state index contributed by atoms with van der Waals surface area (Å²) in [7, 11) is 1.58. The first-order chi connectivity index (χ1) is 8.22. The van der Waals surface area contributed by atoms with Crippen LogP contribution in [-0.2, 0) is 0 Å². The number of aromatic nitrogens is 1. The van der Waals surface area contributed by atoms with E-state index in [1.807, 2.05) is 0 Å². The Morgan fingerprint density at radius 2 is 2.17 bits per heavy atom. The highest BCUT2D eigenvalue weighted by Gasteiger charge is 2.16. The third-order valence-corrected chi connectivity index (χ3v) is 3.01. The van der Waals surface area contributed by atoms with Crippen molar-refractivity contribution in [3.63, 3.8) is 0 Å². The number of piperazine rings is 1. The number of anilines is 1. The van der Waals surface area contributed by atoms with Gasteiger partial charge < -0.3 is 15.5 Å². The summed E-state index contributed by atoms with van der Waals surface area (Å²) < 4.78 is 0. The van der Waals surface area contributed by atoms with Crippen LogP contribution in [0.25, 0.3) is 0 Å². The first-order valence-electron chi connectivity index (χ1n) is 5.55. The van der Waals surface area contributed by atoms with E-state index in [0.29, 0.717) is 10.6 Å². The third kappa shape index (κ3) is 3.25. The molecule has 1 amide bonds. The van der Waals surface area contributed by atoms with E-state index in [-0.39, 0.29) is 18.3 Å². The van der Waals surface area contributed by atoms with Crippen LogP contribution in [-0.4, -0.2) is 44.1 Å². The lowest BCUT2D eigenvalue weighted by molar-refractivity contribution is 0.0963. The lowest BCUT2D eigenvalue weighted by Gasteiger charge is -2.29. The highest BCUT2D eigenvalue weighted by Crippen LogP contribution is 2.24. The Labute approximate surface area is 117 Å². The zero-order valence-electron chi connectivity index (χ0n) is 10.1. The van der Waals surface area contributed by atoms with Gasteiger partial charge in [0.2, 0.25) is 0 Å². The van der Waals surface area contributed by atoms with Crippen LogP contribution in [0.1, 0.15) is 10.4 Å². The van der Waals surface area contributed by atoms with E-state index in [4.69, 9.17) is 11.6 Å². The van der Waals surface area contributed by atoms with Crippen LogP contribution in [0.3, 0.4) is 0 Å². The molecule has 2 rings (SSSR count). The SMILES string of the molecule is CNC(=O)c1cnc(N2CCNCC2)c(Cl)c1.Cl. The maximum atomic E-state index is 11.4. The van der Waals surface area contributed by atoms with Crippen LogP contribution < -0.4 is 15.5 Å². The fourth-order valence-electron chi connectivity index (χ4n) is 1.81. The molecule has 18 heavy (non-hydrogen) atoms. The van der Waals surface area contributed by atoms with Gasteiger partial charge in [0.1, 0.15) is 5.82 Å². The molecule has 7 heteroatoms. The van der Waals surface area contributed by atoms with Crippen LogP contribution in [0.15, 0.2) is 12.3 Å². The Morgan fingerprint density at radius 1 is 1.50 bits per heavy atom. The number of carbonyl (C=O) groups is 1. The predicted molar refractivity (Wildman–Crippen MR) is 75.0 cm³/mol. The van der Waals surface area contributed by atoms with Gasteiger partial charge in [-0.3, -0.25) is 4.79 Å². The summed E-state index contributed by atoms with van der Waals surface area (Å²) in [6, 6.07) is 1.66. The van der Waals surface area contributed by atoms with Crippen molar-refractivity contribution >= 4 is 35.7 Å². The minimum Gasteiger partial charge on any atom is -0.355 e. The van der Waals surface area contributed by atoms with E-state index in [9.17, 15) is 4.79 Å². The van der Waals surface area contributed by atoms with Crippen molar-refractivity contribution < 1.29 is 4.79 Å². The standard InChI is InChI=1S/C11H15ClN4O.ClH/c1-13-11(17)8-6-9(12)10(15-7-8)16-4-2-14-3-5-16;/h6-7,14H,2-5H2,1H3,(H,13,17);1H. The van der Waals surface area contributed by atoms with Crippen LogP contribution in [0.5, 0.6) is 0 Å². The predicted octanol–water partition coefficient (Wildman–Crippen LogP) is 0.926. The van der Waals surface area contributed by atoms with Gasteiger partial charge in [-0.15, -0.1) is 12.4 Å². The second kappa shape index (κ2) is 6.78. The van der Waals surface area contributed by atoms with Gasteiger partial charge in [-0.2, -0.15) is 0 Å². The summed E-state index contributed by atoms with van der Waals surface area (Å²) in [5.41, 5.74) is 0.483. The molecule has 1 aromatic rings. The minimum absolute atomic E-state index is 0.